The molecule has 1 atom stereocenters. The van der Waals surface area contributed by atoms with E-state index in [1.165, 1.54) is 19.2 Å². The van der Waals surface area contributed by atoms with Crippen molar-refractivity contribution < 1.29 is 27.9 Å². The fraction of sp³-hybridized carbons (Fsp3) is 0.233. The number of nitrogens with zero attached hydrogens (tertiary/aromatic N) is 1. The van der Waals surface area contributed by atoms with E-state index >= 15 is 0 Å². The summed E-state index contributed by atoms with van der Waals surface area (Å²) >= 11 is 0. The van der Waals surface area contributed by atoms with Gasteiger partial charge in [-0.1, -0.05) is 18.2 Å². The highest BCUT2D eigenvalue weighted by Gasteiger charge is 2.35. The molecule has 1 saturated heterocycles. The van der Waals surface area contributed by atoms with Crippen molar-refractivity contribution >= 4 is 28.8 Å². The highest BCUT2D eigenvalue weighted by atomic mass is 19.1. The van der Waals surface area contributed by atoms with Crippen LogP contribution in [0.4, 0.5) is 4.39 Å². The number of esters is 1. The maximum atomic E-state index is 13.5. The molecule has 2 heterocycles. The third-order valence-electron chi connectivity index (χ3n) is 6.76. The second-order valence-electron chi connectivity index (χ2n) is 9.09. The molecular formula is C30H27FN2O5. The number of carbonyl (C=O) groups excluding carboxylic acids is 3. The van der Waals surface area contributed by atoms with Gasteiger partial charge in [0.05, 0.1) is 12.2 Å². The van der Waals surface area contributed by atoms with Gasteiger partial charge < -0.3 is 19.4 Å². The van der Waals surface area contributed by atoms with Gasteiger partial charge in [0.15, 0.2) is 0 Å². The van der Waals surface area contributed by atoms with Crippen LogP contribution in [0.3, 0.4) is 0 Å². The van der Waals surface area contributed by atoms with Gasteiger partial charge in [0.2, 0.25) is 0 Å². The summed E-state index contributed by atoms with van der Waals surface area (Å²) < 4.78 is 24.7. The molecule has 1 aliphatic heterocycles. The molecule has 1 N–H and O–H groups in total. The van der Waals surface area contributed by atoms with E-state index in [0.29, 0.717) is 46.4 Å². The van der Waals surface area contributed by atoms with Gasteiger partial charge in [-0.3, -0.25) is 9.59 Å². The third-order valence-corrected chi connectivity index (χ3v) is 6.76. The van der Waals surface area contributed by atoms with E-state index in [1.807, 2.05) is 18.2 Å². The summed E-state index contributed by atoms with van der Waals surface area (Å²) in [4.78, 5) is 40.2. The molecule has 5 rings (SSSR count). The lowest BCUT2D eigenvalue weighted by Gasteiger charge is -2.23. The molecule has 0 radical (unpaired) electrons. The van der Waals surface area contributed by atoms with E-state index in [2.05, 4.69) is 5.32 Å². The maximum Gasteiger partial charge on any atom is 0.328 e. The Hall–Kier alpha value is -4.46. The number of likely N-dealkylation sites (tertiary alicyclic amines) is 1. The van der Waals surface area contributed by atoms with Gasteiger partial charge in [-0.05, 0) is 79.4 Å². The van der Waals surface area contributed by atoms with Crippen LogP contribution >= 0.6 is 0 Å². The number of nitrogens with one attached hydrogen (secondary N) is 1. The molecule has 194 valence electrons. The monoisotopic (exact) mass is 514 g/mol. The number of hydrogen-bond acceptors (Lipinski definition) is 5. The van der Waals surface area contributed by atoms with Crippen LogP contribution in [0.25, 0.3) is 33.4 Å². The Labute approximate surface area is 219 Å². The average molecular weight is 515 g/mol. The summed E-state index contributed by atoms with van der Waals surface area (Å²) in [5, 5.41) is 3.25. The average Bonchev–Trinajstić information content (AvgIpc) is 3.58. The van der Waals surface area contributed by atoms with E-state index in [4.69, 9.17) is 9.15 Å². The molecule has 0 spiro atoms. The predicted molar refractivity (Wildman–Crippen MR) is 141 cm³/mol. The van der Waals surface area contributed by atoms with Crippen molar-refractivity contribution in [3.8, 4) is 22.5 Å². The minimum absolute atomic E-state index is 0.226. The van der Waals surface area contributed by atoms with Crippen molar-refractivity contribution in [3.63, 3.8) is 0 Å². The molecule has 0 bridgehead atoms. The molecule has 2 amide bonds. The second kappa shape index (κ2) is 10.5. The Morgan fingerprint density at radius 3 is 2.50 bits per heavy atom. The SMILES string of the molecule is CCOC(=O)C1CCCN1C(=O)c1cccc(-c2ccc3oc(-c4ccc(F)cc4)c(C(=O)NC)c3c2)c1. The molecule has 1 unspecified atom stereocenters. The van der Waals surface area contributed by atoms with Crippen LogP contribution in [-0.4, -0.2) is 48.9 Å². The van der Waals surface area contributed by atoms with Crippen molar-refractivity contribution in [3.05, 3.63) is 83.7 Å². The molecule has 1 aliphatic rings. The normalized spacial score (nSPS) is 15.0. The zero-order valence-electron chi connectivity index (χ0n) is 21.1. The van der Waals surface area contributed by atoms with Crippen molar-refractivity contribution in [2.75, 3.05) is 20.2 Å². The summed E-state index contributed by atoms with van der Waals surface area (Å²) in [7, 11) is 1.54. The molecule has 38 heavy (non-hydrogen) atoms. The number of furan rings is 1. The highest BCUT2D eigenvalue weighted by molar-refractivity contribution is 6.12. The van der Waals surface area contributed by atoms with E-state index < -0.39 is 6.04 Å². The fourth-order valence-corrected chi connectivity index (χ4v) is 4.92. The Morgan fingerprint density at radius 1 is 1.03 bits per heavy atom. The van der Waals surface area contributed by atoms with Crippen molar-refractivity contribution in [1.82, 2.24) is 10.2 Å². The van der Waals surface area contributed by atoms with Gasteiger partial charge in [0.1, 0.15) is 23.2 Å². The Balaban J connectivity index is 1.52. The van der Waals surface area contributed by atoms with E-state index in [9.17, 15) is 18.8 Å². The standard InChI is InChI=1S/C30H27FN2O5/c1-3-37-30(36)24-8-5-15-33(24)29(35)21-7-4-6-19(16-21)20-11-14-25-23(17-20)26(28(34)32-2)27(38-25)18-9-12-22(31)13-10-18/h4,6-7,9-14,16-17,24H,3,5,8,15H2,1-2H3,(H,32,34). The van der Waals surface area contributed by atoms with Crippen LogP contribution in [0.2, 0.25) is 0 Å². The topological polar surface area (TPSA) is 88.8 Å². The Morgan fingerprint density at radius 2 is 1.76 bits per heavy atom. The Kier molecular flexibility index (Phi) is 6.96. The quantitative estimate of drug-likeness (QED) is 0.347. The van der Waals surface area contributed by atoms with Crippen LogP contribution in [0.1, 0.15) is 40.5 Å². The van der Waals surface area contributed by atoms with E-state index in [1.54, 1.807) is 48.2 Å². The third kappa shape index (κ3) is 4.65. The summed E-state index contributed by atoms with van der Waals surface area (Å²) in [6, 6.07) is 17.8. The predicted octanol–water partition coefficient (Wildman–Crippen LogP) is 5.43. The first-order valence-electron chi connectivity index (χ1n) is 12.5. The van der Waals surface area contributed by atoms with Crippen LogP contribution < -0.4 is 5.32 Å². The van der Waals surface area contributed by atoms with Gasteiger partial charge in [0.25, 0.3) is 11.8 Å². The maximum absolute atomic E-state index is 13.5. The number of benzene rings is 3. The number of rotatable bonds is 6. The molecule has 1 aromatic heterocycles. The molecule has 0 saturated carbocycles. The first-order chi connectivity index (χ1) is 18.4. The van der Waals surface area contributed by atoms with Gasteiger partial charge in [-0.25, -0.2) is 9.18 Å². The molecule has 4 aromatic rings. The molecular weight excluding hydrogens is 487 g/mol. The first-order valence-corrected chi connectivity index (χ1v) is 12.5. The second-order valence-corrected chi connectivity index (χ2v) is 9.09. The van der Waals surface area contributed by atoms with E-state index in [0.717, 1.165) is 17.5 Å². The number of halogens is 1. The fourth-order valence-electron chi connectivity index (χ4n) is 4.92. The van der Waals surface area contributed by atoms with Crippen LogP contribution in [0, 0.1) is 5.82 Å². The lowest BCUT2D eigenvalue weighted by atomic mass is 9.98. The molecule has 0 aliphatic carbocycles. The number of hydrogen-bond donors (Lipinski definition) is 1. The van der Waals surface area contributed by atoms with Gasteiger partial charge >= 0.3 is 5.97 Å². The highest BCUT2D eigenvalue weighted by Crippen LogP contribution is 2.36. The number of fused-ring (bicyclic) bond motifs is 1. The zero-order valence-corrected chi connectivity index (χ0v) is 21.1. The number of amides is 2. The van der Waals surface area contributed by atoms with Crippen molar-refractivity contribution in [2.24, 2.45) is 0 Å². The van der Waals surface area contributed by atoms with Crippen LogP contribution in [0.15, 0.2) is 71.1 Å². The Bertz CT molecular complexity index is 1530. The smallest absolute Gasteiger partial charge is 0.328 e. The summed E-state index contributed by atoms with van der Waals surface area (Å²) in [6.45, 7) is 2.51. The minimum atomic E-state index is -0.576. The summed E-state index contributed by atoms with van der Waals surface area (Å²) in [5.74, 6) is -0.969. The van der Waals surface area contributed by atoms with Crippen LogP contribution in [-0.2, 0) is 9.53 Å². The molecule has 3 aromatic carbocycles. The first kappa shape index (κ1) is 25.2. The number of carbonyl (C=O) groups is 3. The van der Waals surface area contributed by atoms with Crippen molar-refractivity contribution in [1.29, 1.82) is 0 Å². The summed E-state index contributed by atoms with van der Waals surface area (Å²) in [5.41, 5.74) is 3.46. The lowest BCUT2D eigenvalue weighted by Crippen LogP contribution is -2.41. The molecule has 1 fully saturated rings. The van der Waals surface area contributed by atoms with Crippen molar-refractivity contribution in [2.45, 2.75) is 25.8 Å². The van der Waals surface area contributed by atoms with E-state index in [-0.39, 0.29) is 30.2 Å². The largest absolute Gasteiger partial charge is 0.464 e. The van der Waals surface area contributed by atoms with Gasteiger partial charge in [0, 0.05) is 30.1 Å². The molecule has 8 heteroatoms. The van der Waals surface area contributed by atoms with Gasteiger partial charge in [-0.15, -0.1) is 0 Å². The zero-order chi connectivity index (χ0) is 26.8. The molecule has 7 nitrogen and oxygen atoms in total. The lowest BCUT2D eigenvalue weighted by molar-refractivity contribution is -0.147. The van der Waals surface area contributed by atoms with Crippen LogP contribution in [0.5, 0.6) is 0 Å². The minimum Gasteiger partial charge on any atom is -0.464 e. The number of ether oxygens (including phenoxy) is 1. The summed E-state index contributed by atoms with van der Waals surface area (Å²) in [6.07, 6.45) is 1.32. The van der Waals surface area contributed by atoms with Gasteiger partial charge in [-0.2, -0.15) is 0 Å².